The minimum absolute atomic E-state index is 0.0174. The van der Waals surface area contributed by atoms with Crippen molar-refractivity contribution in [1.82, 2.24) is 9.80 Å². The molecule has 3 aromatic carbocycles. The summed E-state index contributed by atoms with van der Waals surface area (Å²) < 4.78 is 26.4. The number of halogens is 1. The second-order valence-corrected chi connectivity index (χ2v) is 10.5. The van der Waals surface area contributed by atoms with E-state index in [-0.39, 0.29) is 55.0 Å². The Kier molecular flexibility index (Phi) is 9.73. The lowest BCUT2D eigenvalue weighted by Crippen LogP contribution is -2.48. The van der Waals surface area contributed by atoms with E-state index >= 15 is 0 Å². The zero-order valence-electron chi connectivity index (χ0n) is 23.8. The summed E-state index contributed by atoms with van der Waals surface area (Å²) in [6.07, 6.45) is -0.205. The van der Waals surface area contributed by atoms with Crippen LogP contribution in [0.5, 0.6) is 5.75 Å². The summed E-state index contributed by atoms with van der Waals surface area (Å²) in [6, 6.07) is 19.7. The predicted octanol–water partition coefficient (Wildman–Crippen LogP) is 4.65. The first-order valence-electron chi connectivity index (χ1n) is 13.6. The maximum Gasteiger partial charge on any atom is 0.257 e. The Morgan fingerprint density at radius 2 is 1.73 bits per heavy atom. The van der Waals surface area contributed by atoms with Gasteiger partial charge in [0.2, 0.25) is 5.91 Å². The number of fused-ring (bicyclic) bond motifs is 1. The number of amides is 3. The number of carbonyl (C=O) groups excluding carboxylic acids is 3. The number of nitrogens with one attached hydrogen (secondary N) is 1. The molecule has 0 saturated heterocycles. The van der Waals surface area contributed by atoms with E-state index in [1.165, 1.54) is 17.0 Å². The van der Waals surface area contributed by atoms with Crippen LogP contribution in [0.2, 0.25) is 0 Å². The van der Waals surface area contributed by atoms with Gasteiger partial charge in [0.1, 0.15) is 18.2 Å². The third kappa shape index (κ3) is 7.29. The number of carbonyl (C=O) groups is 3. The van der Waals surface area contributed by atoms with Crippen LogP contribution >= 0.6 is 0 Å². The zero-order valence-corrected chi connectivity index (χ0v) is 23.8. The van der Waals surface area contributed by atoms with Gasteiger partial charge in [-0.15, -0.1) is 0 Å². The van der Waals surface area contributed by atoms with Crippen molar-refractivity contribution in [3.8, 4) is 5.75 Å². The molecule has 3 atom stereocenters. The van der Waals surface area contributed by atoms with Gasteiger partial charge in [-0.05, 0) is 42.8 Å². The molecule has 9 heteroatoms. The lowest BCUT2D eigenvalue weighted by Gasteiger charge is -2.36. The topological polar surface area (TPSA) is 88.2 Å². The van der Waals surface area contributed by atoms with Gasteiger partial charge in [-0.1, -0.05) is 49.4 Å². The third-order valence-electron chi connectivity index (χ3n) is 7.30. The molecule has 0 aliphatic carbocycles. The maximum absolute atomic E-state index is 14.6. The Morgan fingerprint density at radius 3 is 2.44 bits per heavy atom. The van der Waals surface area contributed by atoms with Gasteiger partial charge in [0, 0.05) is 38.9 Å². The van der Waals surface area contributed by atoms with Gasteiger partial charge in [0.15, 0.2) is 0 Å². The molecule has 0 fully saturated rings. The fourth-order valence-electron chi connectivity index (χ4n) is 4.91. The molecule has 8 nitrogen and oxygen atoms in total. The Hall–Kier alpha value is -4.24. The van der Waals surface area contributed by atoms with Crippen LogP contribution in [0.1, 0.15) is 40.1 Å². The van der Waals surface area contributed by atoms with E-state index in [1.807, 2.05) is 44.2 Å². The summed E-state index contributed by atoms with van der Waals surface area (Å²) in [6.45, 7) is 4.34. The van der Waals surface area contributed by atoms with Crippen LogP contribution in [-0.4, -0.2) is 73.5 Å². The van der Waals surface area contributed by atoms with Gasteiger partial charge in [-0.2, -0.15) is 0 Å². The standard InChI is InChI=1S/C32H36FN3O5/c1-21-18-36(32(39)25-12-8-9-13-27(25)33)22(2)20-41-28-15-14-24(34-30(37)16-23-10-6-5-7-11-23)17-26(28)31(38)35(3)19-29(21)40-4/h5-15,17,21-22,29H,16,18-20H2,1-4H3,(H,34,37)/t21-,22-,29-/m1/s1. The van der Waals surface area contributed by atoms with Crippen molar-refractivity contribution in [2.45, 2.75) is 32.4 Å². The molecule has 0 spiro atoms. The molecule has 0 unspecified atom stereocenters. The van der Waals surface area contributed by atoms with Gasteiger partial charge >= 0.3 is 0 Å². The molecular weight excluding hydrogens is 525 g/mol. The third-order valence-corrected chi connectivity index (χ3v) is 7.30. The molecule has 1 aliphatic rings. The number of anilines is 1. The monoisotopic (exact) mass is 561 g/mol. The second-order valence-electron chi connectivity index (χ2n) is 10.5. The lowest BCUT2D eigenvalue weighted by molar-refractivity contribution is -0.115. The molecule has 216 valence electrons. The smallest absolute Gasteiger partial charge is 0.257 e. The minimum atomic E-state index is -0.592. The normalized spacial score (nSPS) is 19.8. The van der Waals surface area contributed by atoms with Gasteiger partial charge < -0.3 is 24.6 Å². The van der Waals surface area contributed by atoms with E-state index in [0.29, 0.717) is 11.4 Å². The van der Waals surface area contributed by atoms with Crippen LogP contribution in [0.15, 0.2) is 72.8 Å². The number of rotatable bonds is 5. The number of methoxy groups -OCH3 is 1. The van der Waals surface area contributed by atoms with Gasteiger partial charge in [-0.3, -0.25) is 14.4 Å². The van der Waals surface area contributed by atoms with Gasteiger partial charge in [0.05, 0.1) is 29.7 Å². The molecule has 41 heavy (non-hydrogen) atoms. The average Bonchev–Trinajstić information content (AvgIpc) is 2.97. The van der Waals surface area contributed by atoms with Crippen molar-refractivity contribution in [2.75, 3.05) is 39.2 Å². The van der Waals surface area contributed by atoms with E-state index in [1.54, 1.807) is 49.4 Å². The van der Waals surface area contributed by atoms with Crippen molar-refractivity contribution >= 4 is 23.4 Å². The average molecular weight is 562 g/mol. The minimum Gasteiger partial charge on any atom is -0.491 e. The van der Waals surface area contributed by atoms with Crippen LogP contribution in [0.25, 0.3) is 0 Å². The zero-order chi connectivity index (χ0) is 29.5. The second kappa shape index (κ2) is 13.4. The van der Waals surface area contributed by atoms with Crippen molar-refractivity contribution in [1.29, 1.82) is 0 Å². The molecule has 0 saturated carbocycles. The summed E-state index contributed by atoms with van der Waals surface area (Å²) >= 11 is 0. The van der Waals surface area contributed by atoms with E-state index < -0.39 is 23.9 Å². The fourth-order valence-corrected chi connectivity index (χ4v) is 4.91. The van der Waals surface area contributed by atoms with Crippen molar-refractivity contribution in [3.63, 3.8) is 0 Å². The summed E-state index contributed by atoms with van der Waals surface area (Å²) in [7, 11) is 3.23. The highest BCUT2D eigenvalue weighted by molar-refractivity contribution is 6.00. The Morgan fingerprint density at radius 1 is 1.02 bits per heavy atom. The highest BCUT2D eigenvalue weighted by Gasteiger charge is 2.31. The van der Waals surface area contributed by atoms with Crippen LogP contribution in [0.3, 0.4) is 0 Å². The van der Waals surface area contributed by atoms with Crippen LogP contribution in [-0.2, 0) is 16.0 Å². The highest BCUT2D eigenvalue weighted by Crippen LogP contribution is 2.27. The number of hydrogen-bond acceptors (Lipinski definition) is 5. The summed E-state index contributed by atoms with van der Waals surface area (Å²) in [5.41, 5.74) is 1.59. The van der Waals surface area contributed by atoms with Crippen molar-refractivity contribution in [3.05, 3.63) is 95.3 Å². The quantitative estimate of drug-likeness (QED) is 0.490. The Bertz CT molecular complexity index is 1380. The SMILES string of the molecule is CO[C@@H]1CN(C)C(=O)c2cc(NC(=O)Cc3ccccc3)ccc2OC[C@@H](C)N(C(=O)c2ccccc2F)C[C@H]1C. The molecular formula is C32H36FN3O5. The molecule has 1 heterocycles. The molecule has 1 N–H and O–H groups in total. The van der Waals surface area contributed by atoms with E-state index in [0.717, 1.165) is 5.56 Å². The van der Waals surface area contributed by atoms with Crippen LogP contribution in [0.4, 0.5) is 10.1 Å². The van der Waals surface area contributed by atoms with Crippen molar-refractivity contribution < 1.29 is 28.2 Å². The first-order chi connectivity index (χ1) is 19.7. The maximum atomic E-state index is 14.6. The molecule has 1 aliphatic heterocycles. The lowest BCUT2D eigenvalue weighted by atomic mass is 10.0. The van der Waals surface area contributed by atoms with Crippen LogP contribution in [0, 0.1) is 11.7 Å². The first-order valence-corrected chi connectivity index (χ1v) is 13.6. The van der Waals surface area contributed by atoms with E-state index in [4.69, 9.17) is 9.47 Å². The van der Waals surface area contributed by atoms with E-state index in [9.17, 15) is 18.8 Å². The number of ether oxygens (including phenoxy) is 2. The Balaban J connectivity index is 1.63. The first kappa shape index (κ1) is 29.7. The number of hydrogen-bond donors (Lipinski definition) is 1. The number of nitrogens with zero attached hydrogens (tertiary/aromatic N) is 2. The molecule has 4 rings (SSSR count). The number of likely N-dealkylation sites (N-methyl/N-ethyl adjacent to an activating group) is 1. The summed E-state index contributed by atoms with van der Waals surface area (Å²) in [5, 5.41) is 2.87. The summed E-state index contributed by atoms with van der Waals surface area (Å²) in [5.74, 6) is -1.41. The van der Waals surface area contributed by atoms with Gasteiger partial charge in [0.25, 0.3) is 11.8 Å². The van der Waals surface area contributed by atoms with Crippen molar-refractivity contribution in [2.24, 2.45) is 5.92 Å². The summed E-state index contributed by atoms with van der Waals surface area (Å²) in [4.78, 5) is 42.9. The Labute approximate surface area is 240 Å². The van der Waals surface area contributed by atoms with Gasteiger partial charge in [-0.25, -0.2) is 4.39 Å². The molecule has 0 aromatic heterocycles. The fraction of sp³-hybridized carbons (Fsp3) is 0.344. The highest BCUT2D eigenvalue weighted by atomic mass is 19.1. The molecule has 0 bridgehead atoms. The largest absolute Gasteiger partial charge is 0.491 e. The predicted molar refractivity (Wildman–Crippen MR) is 155 cm³/mol. The molecule has 3 amide bonds. The molecule has 3 aromatic rings. The van der Waals surface area contributed by atoms with Crippen LogP contribution < -0.4 is 10.1 Å². The molecule has 0 radical (unpaired) electrons. The number of benzene rings is 3. The van der Waals surface area contributed by atoms with E-state index in [2.05, 4.69) is 5.32 Å².